The Morgan fingerprint density at radius 2 is 1.75 bits per heavy atom. The summed E-state index contributed by atoms with van der Waals surface area (Å²) in [6, 6.07) is 8.00. The minimum atomic E-state index is 0.150. The average Bonchev–Trinajstić information content (AvgIpc) is 2.25. The van der Waals surface area contributed by atoms with Gasteiger partial charge in [-0.05, 0) is 17.4 Å². The largest absolute Gasteiger partial charge is 0.294 e. The summed E-state index contributed by atoms with van der Waals surface area (Å²) in [7, 11) is 0. The van der Waals surface area contributed by atoms with E-state index in [1.807, 2.05) is 12.1 Å². The highest BCUT2D eigenvalue weighted by atomic mass is 79.9. The van der Waals surface area contributed by atoms with Crippen molar-refractivity contribution in [2.45, 2.75) is 39.0 Å². The Balaban J connectivity index is 2.75. The van der Waals surface area contributed by atoms with Gasteiger partial charge < -0.3 is 0 Å². The standard InChI is InChI=1S/C14H19BrO/c1-14(2,3)12-8-6-11(7-9-12)13(16)5-4-10-15/h6-9H,4-5,10H2,1-3H3. The molecule has 88 valence electrons. The van der Waals surface area contributed by atoms with Crippen LogP contribution >= 0.6 is 15.9 Å². The first kappa shape index (κ1) is 13.4. The highest BCUT2D eigenvalue weighted by Gasteiger charge is 2.13. The lowest BCUT2D eigenvalue weighted by Gasteiger charge is -2.18. The van der Waals surface area contributed by atoms with Crippen molar-refractivity contribution in [3.05, 3.63) is 35.4 Å². The number of Topliss-reactive ketones (excluding diaryl/α,β-unsaturated/α-hetero) is 1. The first-order valence-corrected chi connectivity index (χ1v) is 6.77. The van der Waals surface area contributed by atoms with Crippen molar-refractivity contribution >= 4 is 21.7 Å². The van der Waals surface area contributed by atoms with Gasteiger partial charge >= 0.3 is 0 Å². The molecule has 0 saturated heterocycles. The molecule has 0 aliphatic heterocycles. The molecule has 0 aromatic heterocycles. The van der Waals surface area contributed by atoms with Crippen LogP contribution in [0.2, 0.25) is 0 Å². The molecule has 0 bridgehead atoms. The SMILES string of the molecule is CC(C)(C)c1ccc(C(=O)CCCBr)cc1. The van der Waals surface area contributed by atoms with Crippen molar-refractivity contribution in [3.63, 3.8) is 0 Å². The second kappa shape index (κ2) is 5.62. The van der Waals surface area contributed by atoms with Crippen LogP contribution in [0.25, 0.3) is 0 Å². The molecule has 16 heavy (non-hydrogen) atoms. The zero-order valence-corrected chi connectivity index (χ0v) is 11.8. The molecule has 1 nitrogen and oxygen atoms in total. The predicted molar refractivity (Wildman–Crippen MR) is 72.5 cm³/mol. The van der Waals surface area contributed by atoms with E-state index < -0.39 is 0 Å². The lowest BCUT2D eigenvalue weighted by atomic mass is 9.86. The Labute approximate surface area is 106 Å². The average molecular weight is 283 g/mol. The van der Waals surface area contributed by atoms with Crippen LogP contribution in [0.5, 0.6) is 0 Å². The van der Waals surface area contributed by atoms with Gasteiger partial charge in [-0.15, -0.1) is 0 Å². The number of halogens is 1. The van der Waals surface area contributed by atoms with Gasteiger partial charge in [0, 0.05) is 17.3 Å². The number of carbonyl (C=O) groups is 1. The zero-order chi connectivity index (χ0) is 12.2. The van der Waals surface area contributed by atoms with Gasteiger partial charge in [0.1, 0.15) is 0 Å². The summed E-state index contributed by atoms with van der Waals surface area (Å²) in [6.45, 7) is 6.53. The molecule has 0 atom stereocenters. The van der Waals surface area contributed by atoms with Crippen molar-refractivity contribution in [1.82, 2.24) is 0 Å². The van der Waals surface area contributed by atoms with Gasteiger partial charge in [0.05, 0.1) is 0 Å². The lowest BCUT2D eigenvalue weighted by molar-refractivity contribution is 0.0982. The van der Waals surface area contributed by atoms with Crippen LogP contribution in [0.3, 0.4) is 0 Å². The van der Waals surface area contributed by atoms with Crippen LogP contribution in [0.1, 0.15) is 49.5 Å². The summed E-state index contributed by atoms with van der Waals surface area (Å²) in [6.07, 6.45) is 1.53. The first-order chi connectivity index (χ1) is 7.45. The van der Waals surface area contributed by atoms with Gasteiger partial charge in [-0.1, -0.05) is 61.0 Å². The summed E-state index contributed by atoms with van der Waals surface area (Å²) >= 11 is 3.34. The smallest absolute Gasteiger partial charge is 0.162 e. The van der Waals surface area contributed by atoms with E-state index in [1.165, 1.54) is 5.56 Å². The third-order valence-electron chi connectivity index (χ3n) is 2.61. The number of rotatable bonds is 4. The van der Waals surface area contributed by atoms with Crippen LogP contribution in [0, 0.1) is 0 Å². The quantitative estimate of drug-likeness (QED) is 0.593. The van der Waals surface area contributed by atoms with Crippen molar-refractivity contribution in [3.8, 4) is 0 Å². The van der Waals surface area contributed by atoms with Crippen molar-refractivity contribution < 1.29 is 4.79 Å². The summed E-state index contributed by atoms with van der Waals surface area (Å²) < 4.78 is 0. The molecule has 0 heterocycles. The van der Waals surface area contributed by atoms with Crippen LogP contribution in [-0.4, -0.2) is 11.1 Å². The molecular weight excluding hydrogens is 264 g/mol. The van der Waals surface area contributed by atoms with Crippen LogP contribution in [0.15, 0.2) is 24.3 Å². The zero-order valence-electron chi connectivity index (χ0n) is 10.2. The highest BCUT2D eigenvalue weighted by Crippen LogP contribution is 2.22. The van der Waals surface area contributed by atoms with Gasteiger partial charge in [-0.2, -0.15) is 0 Å². The van der Waals surface area contributed by atoms with Crippen LogP contribution < -0.4 is 0 Å². The number of hydrogen-bond acceptors (Lipinski definition) is 1. The van der Waals surface area contributed by atoms with Crippen molar-refractivity contribution in [2.24, 2.45) is 0 Å². The van der Waals surface area contributed by atoms with E-state index in [-0.39, 0.29) is 11.2 Å². The van der Waals surface area contributed by atoms with E-state index >= 15 is 0 Å². The molecule has 1 aromatic rings. The predicted octanol–water partition coefficient (Wildman–Crippen LogP) is 4.34. The molecule has 1 aromatic carbocycles. The summed E-state index contributed by atoms with van der Waals surface area (Å²) in [4.78, 5) is 11.7. The van der Waals surface area contributed by atoms with Crippen molar-refractivity contribution in [2.75, 3.05) is 5.33 Å². The van der Waals surface area contributed by atoms with Gasteiger partial charge in [0.2, 0.25) is 0 Å². The fourth-order valence-corrected chi connectivity index (χ4v) is 1.81. The second-order valence-electron chi connectivity index (χ2n) is 5.04. The Hall–Kier alpha value is -0.630. The number of ketones is 1. The van der Waals surface area contributed by atoms with E-state index in [0.29, 0.717) is 6.42 Å². The third-order valence-corrected chi connectivity index (χ3v) is 3.17. The van der Waals surface area contributed by atoms with Gasteiger partial charge in [0.25, 0.3) is 0 Å². The molecule has 0 unspecified atom stereocenters. The third kappa shape index (κ3) is 3.75. The van der Waals surface area contributed by atoms with E-state index in [2.05, 4.69) is 48.8 Å². The molecule has 0 aliphatic carbocycles. The molecule has 0 fully saturated rings. The van der Waals surface area contributed by atoms with Gasteiger partial charge in [-0.25, -0.2) is 0 Å². The monoisotopic (exact) mass is 282 g/mol. The van der Waals surface area contributed by atoms with Crippen LogP contribution in [0.4, 0.5) is 0 Å². The maximum Gasteiger partial charge on any atom is 0.162 e. The molecule has 1 rings (SSSR count). The Kier molecular flexibility index (Phi) is 4.72. The molecule has 0 amide bonds. The summed E-state index contributed by atoms with van der Waals surface area (Å²) in [5.41, 5.74) is 2.25. The Morgan fingerprint density at radius 3 is 2.19 bits per heavy atom. The van der Waals surface area contributed by atoms with E-state index in [1.54, 1.807) is 0 Å². The fourth-order valence-electron chi connectivity index (χ4n) is 1.53. The van der Waals surface area contributed by atoms with E-state index in [9.17, 15) is 4.79 Å². The Morgan fingerprint density at radius 1 is 1.19 bits per heavy atom. The van der Waals surface area contributed by atoms with E-state index in [0.717, 1.165) is 17.3 Å². The molecule has 0 spiro atoms. The molecule has 0 radical (unpaired) electrons. The van der Waals surface area contributed by atoms with Gasteiger partial charge in [-0.3, -0.25) is 4.79 Å². The first-order valence-electron chi connectivity index (χ1n) is 5.65. The maximum absolute atomic E-state index is 11.7. The van der Waals surface area contributed by atoms with Crippen LogP contribution in [-0.2, 0) is 5.41 Å². The second-order valence-corrected chi connectivity index (χ2v) is 5.84. The molecule has 0 aliphatic rings. The number of benzene rings is 1. The molecule has 2 heteroatoms. The number of hydrogen-bond donors (Lipinski definition) is 0. The number of carbonyl (C=O) groups excluding carboxylic acids is 1. The minimum absolute atomic E-state index is 0.150. The molecule has 0 saturated carbocycles. The highest BCUT2D eigenvalue weighted by molar-refractivity contribution is 9.09. The molecule has 0 N–H and O–H groups in total. The molecular formula is C14H19BrO. The van der Waals surface area contributed by atoms with E-state index in [4.69, 9.17) is 0 Å². The maximum atomic E-state index is 11.7. The topological polar surface area (TPSA) is 17.1 Å². The normalized spacial score (nSPS) is 11.5. The number of alkyl halides is 1. The van der Waals surface area contributed by atoms with Gasteiger partial charge in [0.15, 0.2) is 5.78 Å². The minimum Gasteiger partial charge on any atom is -0.294 e. The summed E-state index contributed by atoms with van der Waals surface area (Å²) in [5, 5.41) is 0.888. The lowest BCUT2D eigenvalue weighted by Crippen LogP contribution is -2.11. The summed E-state index contributed by atoms with van der Waals surface area (Å²) in [5.74, 6) is 0.236. The van der Waals surface area contributed by atoms with Crippen molar-refractivity contribution in [1.29, 1.82) is 0 Å². The Bertz CT molecular complexity index is 346. The fraction of sp³-hybridized carbons (Fsp3) is 0.500.